The average molecular weight is 332 g/mol. The molecule has 0 radical (unpaired) electrons. The van der Waals surface area contributed by atoms with E-state index in [1.165, 1.54) is 29.4 Å². The van der Waals surface area contributed by atoms with Crippen LogP contribution >= 0.6 is 11.6 Å². The van der Waals surface area contributed by atoms with Crippen LogP contribution in [0.1, 0.15) is 29.3 Å². The second-order valence-electron chi connectivity index (χ2n) is 4.53. The number of carboxylic acids is 1. The van der Waals surface area contributed by atoms with Crippen molar-refractivity contribution in [3.8, 4) is 0 Å². The summed E-state index contributed by atoms with van der Waals surface area (Å²) in [5, 5.41) is 9.22. The molecule has 21 heavy (non-hydrogen) atoms. The number of aromatic carboxylic acids is 1. The Morgan fingerprint density at radius 3 is 2.57 bits per heavy atom. The van der Waals surface area contributed by atoms with Crippen LogP contribution in [0.2, 0.25) is 5.02 Å². The van der Waals surface area contributed by atoms with E-state index in [9.17, 15) is 13.2 Å². The summed E-state index contributed by atoms with van der Waals surface area (Å²) in [7, 11) is -3.82. The van der Waals surface area contributed by atoms with Crippen molar-refractivity contribution < 1.29 is 18.3 Å². The Bertz CT molecular complexity index is 655. The summed E-state index contributed by atoms with van der Waals surface area (Å²) in [6, 6.07) is 2.53. The molecule has 7 heteroatoms. The zero-order valence-corrected chi connectivity index (χ0v) is 13.5. The van der Waals surface area contributed by atoms with E-state index in [1.54, 1.807) is 0 Å². The lowest BCUT2D eigenvalue weighted by Gasteiger charge is -2.21. The van der Waals surface area contributed by atoms with Gasteiger partial charge in [0.2, 0.25) is 10.0 Å². The summed E-state index contributed by atoms with van der Waals surface area (Å²) in [6.45, 7) is 7.35. The van der Waals surface area contributed by atoms with E-state index in [0.717, 1.165) is 0 Å². The van der Waals surface area contributed by atoms with Gasteiger partial charge in [0.05, 0.1) is 10.5 Å². The van der Waals surface area contributed by atoms with Crippen LogP contribution in [0.5, 0.6) is 0 Å². The Morgan fingerprint density at radius 2 is 2.10 bits per heavy atom. The molecule has 0 aliphatic rings. The van der Waals surface area contributed by atoms with Gasteiger partial charge in [0.15, 0.2) is 0 Å². The third kappa shape index (κ3) is 3.84. The molecular weight excluding hydrogens is 314 g/mol. The van der Waals surface area contributed by atoms with Gasteiger partial charge < -0.3 is 5.11 Å². The monoisotopic (exact) mass is 331 g/mol. The molecule has 0 bridgehead atoms. The number of rotatable bonds is 7. The first-order valence-corrected chi connectivity index (χ1v) is 8.22. The van der Waals surface area contributed by atoms with E-state index in [-0.39, 0.29) is 27.6 Å². The Hall–Kier alpha value is -1.37. The fourth-order valence-corrected chi connectivity index (χ4v) is 4.04. The standard InChI is InChI=1S/C14H18ClNO4S/c1-4-6-16(7-5-2)21(19,20)13-9-11(15)8-12(10(13)3)14(17)18/h4,8-9H,1,5-7H2,2-3H3,(H,17,18). The third-order valence-electron chi connectivity index (χ3n) is 2.98. The summed E-state index contributed by atoms with van der Waals surface area (Å²) in [5.41, 5.74) is 0.0631. The molecule has 5 nitrogen and oxygen atoms in total. The van der Waals surface area contributed by atoms with Gasteiger partial charge >= 0.3 is 5.97 Å². The average Bonchev–Trinajstić information content (AvgIpc) is 2.40. The predicted octanol–water partition coefficient (Wildman–Crippen LogP) is 2.93. The first kappa shape index (κ1) is 17.7. The van der Waals surface area contributed by atoms with Crippen LogP contribution in [0.3, 0.4) is 0 Å². The van der Waals surface area contributed by atoms with Gasteiger partial charge in [-0.05, 0) is 31.0 Å². The largest absolute Gasteiger partial charge is 0.478 e. The van der Waals surface area contributed by atoms with Crippen molar-refractivity contribution in [1.29, 1.82) is 0 Å². The summed E-state index contributed by atoms with van der Waals surface area (Å²) >= 11 is 5.86. The van der Waals surface area contributed by atoms with Crippen LogP contribution in [0.25, 0.3) is 0 Å². The maximum atomic E-state index is 12.7. The number of carbonyl (C=O) groups is 1. The number of benzene rings is 1. The molecule has 0 aliphatic carbocycles. The lowest BCUT2D eigenvalue weighted by molar-refractivity contribution is 0.0696. The number of hydrogen-bond donors (Lipinski definition) is 1. The highest BCUT2D eigenvalue weighted by Crippen LogP contribution is 2.27. The minimum absolute atomic E-state index is 0.0756. The van der Waals surface area contributed by atoms with Crippen LogP contribution in [0, 0.1) is 6.92 Å². The Balaban J connectivity index is 3.49. The van der Waals surface area contributed by atoms with Crippen LogP contribution in [-0.2, 0) is 10.0 Å². The summed E-state index contributed by atoms with van der Waals surface area (Å²) in [4.78, 5) is 11.1. The molecule has 0 amide bonds. The topological polar surface area (TPSA) is 74.7 Å². The highest BCUT2D eigenvalue weighted by molar-refractivity contribution is 7.89. The highest BCUT2D eigenvalue weighted by atomic mass is 35.5. The van der Waals surface area contributed by atoms with Gasteiger partial charge in [-0.2, -0.15) is 4.31 Å². The molecule has 1 aromatic carbocycles. The van der Waals surface area contributed by atoms with Crippen molar-refractivity contribution in [3.05, 3.63) is 40.9 Å². The normalized spacial score (nSPS) is 11.6. The SMILES string of the molecule is C=CCN(CCC)S(=O)(=O)c1cc(Cl)cc(C(=O)O)c1C. The van der Waals surface area contributed by atoms with Crippen LogP contribution < -0.4 is 0 Å². The maximum absolute atomic E-state index is 12.7. The van der Waals surface area contributed by atoms with E-state index < -0.39 is 16.0 Å². The number of carboxylic acid groups (broad SMARTS) is 1. The molecule has 0 aliphatic heterocycles. The zero-order valence-electron chi connectivity index (χ0n) is 12.0. The minimum Gasteiger partial charge on any atom is -0.478 e. The molecule has 0 aromatic heterocycles. The lowest BCUT2D eigenvalue weighted by atomic mass is 10.1. The lowest BCUT2D eigenvalue weighted by Crippen LogP contribution is -2.32. The van der Waals surface area contributed by atoms with E-state index in [4.69, 9.17) is 16.7 Å². The van der Waals surface area contributed by atoms with E-state index in [1.807, 2.05) is 6.92 Å². The molecular formula is C14H18ClNO4S. The van der Waals surface area contributed by atoms with Crippen LogP contribution in [-0.4, -0.2) is 36.9 Å². The van der Waals surface area contributed by atoms with Gasteiger partial charge in [-0.15, -0.1) is 6.58 Å². The van der Waals surface area contributed by atoms with Gasteiger partial charge in [-0.25, -0.2) is 13.2 Å². The van der Waals surface area contributed by atoms with Crippen molar-refractivity contribution in [3.63, 3.8) is 0 Å². The van der Waals surface area contributed by atoms with Crippen molar-refractivity contribution in [2.75, 3.05) is 13.1 Å². The molecule has 116 valence electrons. The Morgan fingerprint density at radius 1 is 1.48 bits per heavy atom. The highest BCUT2D eigenvalue weighted by Gasteiger charge is 2.27. The molecule has 1 aromatic rings. The summed E-state index contributed by atoms with van der Waals surface area (Å²) in [6.07, 6.45) is 2.13. The first-order chi connectivity index (χ1) is 9.75. The predicted molar refractivity (Wildman–Crippen MR) is 82.4 cm³/mol. The number of hydrogen-bond acceptors (Lipinski definition) is 3. The van der Waals surface area contributed by atoms with E-state index in [0.29, 0.717) is 13.0 Å². The van der Waals surface area contributed by atoms with Crippen molar-refractivity contribution in [2.24, 2.45) is 0 Å². The van der Waals surface area contributed by atoms with Crippen LogP contribution in [0.4, 0.5) is 0 Å². The van der Waals surface area contributed by atoms with Crippen molar-refractivity contribution >= 4 is 27.6 Å². The van der Waals surface area contributed by atoms with Crippen molar-refractivity contribution in [2.45, 2.75) is 25.2 Å². The quantitative estimate of drug-likeness (QED) is 0.779. The van der Waals surface area contributed by atoms with Gasteiger partial charge in [-0.1, -0.05) is 24.6 Å². The fraction of sp³-hybridized carbons (Fsp3) is 0.357. The molecule has 0 saturated heterocycles. The maximum Gasteiger partial charge on any atom is 0.336 e. The molecule has 1 rings (SSSR count). The van der Waals surface area contributed by atoms with Gasteiger partial charge in [0.25, 0.3) is 0 Å². The third-order valence-corrected chi connectivity index (χ3v) is 5.19. The minimum atomic E-state index is -3.82. The number of halogens is 1. The van der Waals surface area contributed by atoms with E-state index in [2.05, 4.69) is 6.58 Å². The smallest absolute Gasteiger partial charge is 0.336 e. The molecule has 0 heterocycles. The van der Waals surface area contributed by atoms with Gasteiger partial charge in [-0.3, -0.25) is 0 Å². The molecule has 1 N–H and O–H groups in total. The summed E-state index contributed by atoms with van der Waals surface area (Å²) < 4.78 is 26.6. The Kier molecular flexibility index (Phi) is 5.95. The first-order valence-electron chi connectivity index (χ1n) is 6.40. The zero-order chi connectivity index (χ0) is 16.2. The van der Waals surface area contributed by atoms with Crippen LogP contribution in [0.15, 0.2) is 29.7 Å². The fourth-order valence-electron chi connectivity index (χ4n) is 1.99. The van der Waals surface area contributed by atoms with Gasteiger partial charge in [0, 0.05) is 18.1 Å². The Labute approximate surface area is 129 Å². The molecule has 0 spiro atoms. The second-order valence-corrected chi connectivity index (χ2v) is 6.88. The number of nitrogens with zero attached hydrogens (tertiary/aromatic N) is 1. The molecule has 0 saturated carbocycles. The van der Waals surface area contributed by atoms with Gasteiger partial charge in [0.1, 0.15) is 0 Å². The van der Waals surface area contributed by atoms with E-state index >= 15 is 0 Å². The number of sulfonamides is 1. The molecule has 0 fully saturated rings. The molecule has 0 atom stereocenters. The second kappa shape index (κ2) is 7.06. The summed E-state index contributed by atoms with van der Waals surface area (Å²) in [5.74, 6) is -1.21. The van der Waals surface area contributed by atoms with Crippen molar-refractivity contribution in [1.82, 2.24) is 4.31 Å². The molecule has 0 unspecified atom stereocenters.